The fraction of sp³-hybridized carbons (Fsp3) is 0.400. The van der Waals surface area contributed by atoms with E-state index in [1.807, 2.05) is 32.0 Å². The minimum atomic E-state index is 0.508. The number of rotatable bonds is 9. The van der Waals surface area contributed by atoms with Gasteiger partial charge in [0.2, 0.25) is 0 Å². The molecule has 0 N–H and O–H groups in total. The minimum Gasteiger partial charge on any atom is -0.494 e. The Morgan fingerprint density at radius 3 is 1.96 bits per heavy atom. The van der Waals surface area contributed by atoms with Crippen molar-refractivity contribution in [2.24, 2.45) is 0 Å². The van der Waals surface area contributed by atoms with Crippen molar-refractivity contribution in [3.8, 4) is 11.5 Å². The van der Waals surface area contributed by atoms with Gasteiger partial charge in [-0.05, 0) is 43.5 Å². The zero-order valence-corrected chi connectivity index (χ0v) is 14.3. The average molecular weight is 314 g/mol. The molecular formula is C20H26O3. The van der Waals surface area contributed by atoms with Gasteiger partial charge in [0.15, 0.2) is 0 Å². The lowest BCUT2D eigenvalue weighted by molar-refractivity contribution is 0.104. The number of benzene rings is 2. The van der Waals surface area contributed by atoms with E-state index in [2.05, 4.69) is 31.2 Å². The maximum absolute atomic E-state index is 5.86. The molecule has 23 heavy (non-hydrogen) atoms. The summed E-state index contributed by atoms with van der Waals surface area (Å²) in [5.41, 5.74) is 3.37. The summed E-state index contributed by atoms with van der Waals surface area (Å²) in [6.45, 7) is 8.52. The van der Waals surface area contributed by atoms with Crippen LogP contribution in [-0.4, -0.2) is 13.2 Å². The Balaban J connectivity index is 2.12. The summed E-state index contributed by atoms with van der Waals surface area (Å²) in [4.78, 5) is 0. The molecule has 0 saturated carbocycles. The molecule has 0 aliphatic heterocycles. The minimum absolute atomic E-state index is 0.508. The van der Waals surface area contributed by atoms with E-state index in [0.29, 0.717) is 26.4 Å². The average Bonchev–Trinajstić information content (AvgIpc) is 2.58. The van der Waals surface area contributed by atoms with Crippen LogP contribution >= 0.6 is 0 Å². The van der Waals surface area contributed by atoms with Crippen LogP contribution in [0.15, 0.2) is 42.5 Å². The topological polar surface area (TPSA) is 27.7 Å². The summed E-state index contributed by atoms with van der Waals surface area (Å²) < 4.78 is 17.4. The van der Waals surface area contributed by atoms with Gasteiger partial charge >= 0.3 is 0 Å². The van der Waals surface area contributed by atoms with E-state index in [1.165, 1.54) is 11.1 Å². The highest BCUT2D eigenvalue weighted by Gasteiger charge is 2.11. The maximum atomic E-state index is 5.86. The number of hydrogen-bond donors (Lipinski definition) is 0. The molecule has 2 rings (SSSR count). The van der Waals surface area contributed by atoms with Crippen molar-refractivity contribution >= 4 is 0 Å². The fourth-order valence-electron chi connectivity index (χ4n) is 2.47. The molecule has 2 aromatic rings. The van der Waals surface area contributed by atoms with Gasteiger partial charge in [-0.2, -0.15) is 0 Å². The Kier molecular flexibility index (Phi) is 6.95. The third-order valence-electron chi connectivity index (χ3n) is 3.59. The second-order valence-corrected chi connectivity index (χ2v) is 5.27. The molecule has 0 atom stereocenters. The van der Waals surface area contributed by atoms with Gasteiger partial charge in [0, 0.05) is 5.56 Å². The fourth-order valence-corrected chi connectivity index (χ4v) is 2.47. The predicted octanol–water partition coefficient (Wildman–Crippen LogP) is 4.76. The number of aryl methyl sites for hydroxylation is 1. The van der Waals surface area contributed by atoms with E-state index < -0.39 is 0 Å². The summed E-state index contributed by atoms with van der Waals surface area (Å²) in [6.07, 6.45) is 0.917. The highest BCUT2D eigenvalue weighted by Crippen LogP contribution is 2.30. The predicted molar refractivity (Wildman–Crippen MR) is 93.1 cm³/mol. The standard InChI is InChI=1S/C20H26O3/c1-4-17-12-20(23-6-3)18(13-19(17)22-5-2)15-21-14-16-10-8-7-9-11-16/h7-13H,4-6,14-15H2,1-3H3. The molecule has 2 aromatic carbocycles. The molecule has 0 aliphatic carbocycles. The van der Waals surface area contributed by atoms with Crippen LogP contribution in [0, 0.1) is 0 Å². The van der Waals surface area contributed by atoms with E-state index in [-0.39, 0.29) is 0 Å². The third kappa shape index (κ3) is 5.00. The first-order chi connectivity index (χ1) is 11.3. The Hall–Kier alpha value is -2.00. The molecule has 0 aliphatic rings. The van der Waals surface area contributed by atoms with Crippen molar-refractivity contribution in [3.63, 3.8) is 0 Å². The Labute approximate surface area is 139 Å². The van der Waals surface area contributed by atoms with Gasteiger partial charge in [0.1, 0.15) is 11.5 Å². The molecule has 0 aromatic heterocycles. The monoisotopic (exact) mass is 314 g/mol. The van der Waals surface area contributed by atoms with Crippen LogP contribution in [-0.2, 0) is 24.4 Å². The van der Waals surface area contributed by atoms with Gasteiger partial charge in [-0.1, -0.05) is 37.3 Å². The lowest BCUT2D eigenvalue weighted by Gasteiger charge is -2.16. The molecule has 0 spiro atoms. The summed E-state index contributed by atoms with van der Waals surface area (Å²) in [6, 6.07) is 14.3. The van der Waals surface area contributed by atoms with Crippen molar-refractivity contribution in [2.75, 3.05) is 13.2 Å². The van der Waals surface area contributed by atoms with Gasteiger partial charge in [0.05, 0.1) is 26.4 Å². The van der Waals surface area contributed by atoms with Crippen molar-refractivity contribution in [1.82, 2.24) is 0 Å². The van der Waals surface area contributed by atoms with Gasteiger partial charge in [0.25, 0.3) is 0 Å². The number of hydrogen-bond acceptors (Lipinski definition) is 3. The highest BCUT2D eigenvalue weighted by molar-refractivity contribution is 5.46. The smallest absolute Gasteiger partial charge is 0.125 e. The first-order valence-electron chi connectivity index (χ1n) is 8.31. The molecular weight excluding hydrogens is 288 g/mol. The van der Waals surface area contributed by atoms with E-state index >= 15 is 0 Å². The summed E-state index contributed by atoms with van der Waals surface area (Å²) >= 11 is 0. The van der Waals surface area contributed by atoms with Crippen molar-refractivity contribution in [3.05, 3.63) is 59.2 Å². The summed E-state index contributed by atoms with van der Waals surface area (Å²) in [5, 5.41) is 0. The molecule has 0 bridgehead atoms. The van der Waals surface area contributed by atoms with Gasteiger partial charge in [-0.15, -0.1) is 0 Å². The highest BCUT2D eigenvalue weighted by atomic mass is 16.5. The lowest BCUT2D eigenvalue weighted by Crippen LogP contribution is -2.04. The Morgan fingerprint density at radius 1 is 0.739 bits per heavy atom. The van der Waals surface area contributed by atoms with Crippen LogP contribution in [0.3, 0.4) is 0 Å². The van der Waals surface area contributed by atoms with E-state index in [0.717, 1.165) is 23.5 Å². The van der Waals surface area contributed by atoms with Crippen LogP contribution in [0.4, 0.5) is 0 Å². The first kappa shape index (κ1) is 17.4. The largest absolute Gasteiger partial charge is 0.494 e. The first-order valence-corrected chi connectivity index (χ1v) is 8.31. The second-order valence-electron chi connectivity index (χ2n) is 5.27. The lowest BCUT2D eigenvalue weighted by atomic mass is 10.1. The normalized spacial score (nSPS) is 10.6. The van der Waals surface area contributed by atoms with Crippen LogP contribution in [0.1, 0.15) is 37.5 Å². The van der Waals surface area contributed by atoms with E-state index in [1.54, 1.807) is 0 Å². The van der Waals surface area contributed by atoms with Crippen molar-refractivity contribution in [2.45, 2.75) is 40.4 Å². The molecule has 3 heteroatoms. The summed E-state index contributed by atoms with van der Waals surface area (Å²) in [7, 11) is 0. The second kappa shape index (κ2) is 9.21. The third-order valence-corrected chi connectivity index (χ3v) is 3.59. The summed E-state index contributed by atoms with van der Waals surface area (Å²) in [5.74, 6) is 1.82. The molecule has 0 fully saturated rings. The van der Waals surface area contributed by atoms with Crippen molar-refractivity contribution < 1.29 is 14.2 Å². The molecule has 124 valence electrons. The number of ether oxygens (including phenoxy) is 3. The SMILES string of the molecule is CCOc1cc(COCc2ccccc2)c(OCC)cc1CC. The molecule has 0 saturated heterocycles. The Morgan fingerprint density at radius 2 is 1.35 bits per heavy atom. The zero-order valence-electron chi connectivity index (χ0n) is 14.3. The van der Waals surface area contributed by atoms with Crippen molar-refractivity contribution in [1.29, 1.82) is 0 Å². The molecule has 0 heterocycles. The van der Waals surface area contributed by atoms with E-state index in [9.17, 15) is 0 Å². The maximum Gasteiger partial charge on any atom is 0.125 e. The van der Waals surface area contributed by atoms with E-state index in [4.69, 9.17) is 14.2 Å². The zero-order chi connectivity index (χ0) is 16.5. The van der Waals surface area contributed by atoms with Gasteiger partial charge in [-0.3, -0.25) is 0 Å². The molecule has 0 amide bonds. The van der Waals surface area contributed by atoms with Crippen LogP contribution in [0.5, 0.6) is 11.5 Å². The molecule has 0 radical (unpaired) electrons. The quantitative estimate of drug-likeness (QED) is 0.667. The molecule has 3 nitrogen and oxygen atoms in total. The van der Waals surface area contributed by atoms with Crippen LogP contribution < -0.4 is 9.47 Å². The van der Waals surface area contributed by atoms with Crippen LogP contribution in [0.25, 0.3) is 0 Å². The Bertz CT molecular complexity index is 593. The van der Waals surface area contributed by atoms with Gasteiger partial charge in [-0.25, -0.2) is 0 Å². The van der Waals surface area contributed by atoms with Crippen LogP contribution in [0.2, 0.25) is 0 Å². The van der Waals surface area contributed by atoms with Gasteiger partial charge < -0.3 is 14.2 Å². The molecule has 0 unspecified atom stereocenters.